The van der Waals surface area contributed by atoms with Crippen LogP contribution in [-0.2, 0) is 0 Å². The van der Waals surface area contributed by atoms with Gasteiger partial charge in [0.2, 0.25) is 0 Å². The largest absolute Gasteiger partial charge is 0.313 e. The number of aromatic nitrogens is 1. The van der Waals surface area contributed by atoms with Gasteiger partial charge < -0.3 is 5.32 Å². The fourth-order valence-electron chi connectivity index (χ4n) is 3.06. The van der Waals surface area contributed by atoms with Crippen molar-refractivity contribution >= 4 is 23.4 Å². The van der Waals surface area contributed by atoms with Crippen molar-refractivity contribution in [3.63, 3.8) is 0 Å². The molecule has 19 heavy (non-hydrogen) atoms. The molecule has 1 N–H and O–H groups in total. The second-order valence-electron chi connectivity index (χ2n) is 5.62. The molecule has 106 valence electrons. The number of thioether (sulfide) groups is 1. The molecular weight excluding hydrogens is 276 g/mol. The van der Waals surface area contributed by atoms with Crippen molar-refractivity contribution in [3.05, 3.63) is 23.4 Å². The average Bonchev–Trinajstić information content (AvgIpc) is 2.36. The van der Waals surface area contributed by atoms with E-state index in [2.05, 4.69) is 31.1 Å². The zero-order chi connectivity index (χ0) is 13.8. The number of hydrogen-bond donors (Lipinski definition) is 1. The average molecular weight is 299 g/mol. The van der Waals surface area contributed by atoms with Gasteiger partial charge in [0.15, 0.2) is 0 Å². The molecule has 0 spiro atoms. The molecule has 0 aliphatic heterocycles. The van der Waals surface area contributed by atoms with E-state index < -0.39 is 0 Å². The smallest absolute Gasteiger partial charge is 0.0964 e. The van der Waals surface area contributed by atoms with Crippen LogP contribution in [0.25, 0.3) is 0 Å². The van der Waals surface area contributed by atoms with Crippen LogP contribution in [0.2, 0.25) is 5.02 Å². The second kappa shape index (κ2) is 6.96. The van der Waals surface area contributed by atoms with Gasteiger partial charge in [0, 0.05) is 17.5 Å². The van der Waals surface area contributed by atoms with Gasteiger partial charge in [0.25, 0.3) is 0 Å². The molecule has 0 radical (unpaired) electrons. The first-order chi connectivity index (χ1) is 9.10. The van der Waals surface area contributed by atoms with E-state index in [1.165, 1.54) is 12.8 Å². The Labute approximate surface area is 125 Å². The van der Waals surface area contributed by atoms with Gasteiger partial charge in [0.05, 0.1) is 10.0 Å². The number of halogens is 1. The summed E-state index contributed by atoms with van der Waals surface area (Å²) in [5.74, 6) is 1.53. The fraction of sp³-hybridized carbons (Fsp3) is 0.667. The van der Waals surface area contributed by atoms with Crippen LogP contribution in [0.1, 0.15) is 33.6 Å². The summed E-state index contributed by atoms with van der Waals surface area (Å²) in [5, 5.41) is 6.04. The van der Waals surface area contributed by atoms with Crippen LogP contribution in [0.15, 0.2) is 23.4 Å². The molecule has 1 heterocycles. The Balaban J connectivity index is 2.08. The van der Waals surface area contributed by atoms with Crippen LogP contribution in [0, 0.1) is 11.8 Å². The third-order valence-corrected chi connectivity index (χ3v) is 5.58. The quantitative estimate of drug-likeness (QED) is 0.900. The van der Waals surface area contributed by atoms with Crippen LogP contribution in [0.3, 0.4) is 0 Å². The summed E-state index contributed by atoms with van der Waals surface area (Å²) < 4.78 is 0. The number of rotatable bonds is 4. The highest BCUT2D eigenvalue weighted by atomic mass is 35.5. The lowest BCUT2D eigenvalue weighted by molar-refractivity contribution is 0.251. The summed E-state index contributed by atoms with van der Waals surface area (Å²) in [7, 11) is 0. The lowest BCUT2D eigenvalue weighted by Crippen LogP contribution is -2.46. The molecule has 2 nitrogen and oxygen atoms in total. The Morgan fingerprint density at radius 1 is 1.37 bits per heavy atom. The summed E-state index contributed by atoms with van der Waals surface area (Å²) in [6.45, 7) is 7.96. The maximum absolute atomic E-state index is 5.90. The Bertz CT molecular complexity index is 396. The number of nitrogens with one attached hydrogen (secondary N) is 1. The van der Waals surface area contributed by atoms with Crippen molar-refractivity contribution in [2.24, 2.45) is 11.8 Å². The highest BCUT2D eigenvalue weighted by molar-refractivity contribution is 7.99. The summed E-state index contributed by atoms with van der Waals surface area (Å²) >= 11 is 7.80. The molecule has 1 aromatic rings. The summed E-state index contributed by atoms with van der Waals surface area (Å²) in [5.41, 5.74) is 0. The van der Waals surface area contributed by atoms with E-state index in [1.54, 1.807) is 6.20 Å². The summed E-state index contributed by atoms with van der Waals surface area (Å²) in [4.78, 5) is 4.42. The van der Waals surface area contributed by atoms with Gasteiger partial charge in [-0.25, -0.2) is 4.98 Å². The highest BCUT2D eigenvalue weighted by Crippen LogP contribution is 2.39. The first-order valence-corrected chi connectivity index (χ1v) is 8.37. The minimum absolute atomic E-state index is 0.589. The maximum Gasteiger partial charge on any atom is 0.0964 e. The minimum atomic E-state index is 0.589. The van der Waals surface area contributed by atoms with Gasteiger partial charge in [-0.2, -0.15) is 0 Å². The van der Waals surface area contributed by atoms with Gasteiger partial charge in [-0.3, -0.25) is 0 Å². The van der Waals surface area contributed by atoms with Crippen LogP contribution in [0.4, 0.5) is 0 Å². The third-order valence-electron chi connectivity index (χ3n) is 3.81. The summed E-state index contributed by atoms with van der Waals surface area (Å²) in [6, 6.07) is 4.54. The molecule has 1 aliphatic rings. The first kappa shape index (κ1) is 15.1. The van der Waals surface area contributed by atoms with Gasteiger partial charge in [-0.15, -0.1) is 11.8 Å². The Morgan fingerprint density at radius 2 is 2.16 bits per heavy atom. The zero-order valence-electron chi connectivity index (χ0n) is 11.9. The Morgan fingerprint density at radius 3 is 2.79 bits per heavy atom. The molecular formula is C15H23ClN2S. The third kappa shape index (κ3) is 4.11. The van der Waals surface area contributed by atoms with E-state index in [4.69, 9.17) is 11.6 Å². The molecule has 1 aromatic heterocycles. The normalized spacial score (nSPS) is 31.4. The topological polar surface area (TPSA) is 24.9 Å². The van der Waals surface area contributed by atoms with E-state index in [0.717, 1.165) is 23.4 Å². The molecule has 2 rings (SSSR count). The number of nitrogens with zero attached hydrogens (tertiary/aromatic N) is 1. The minimum Gasteiger partial charge on any atom is -0.313 e. The van der Waals surface area contributed by atoms with Crippen molar-refractivity contribution < 1.29 is 0 Å². The lowest BCUT2D eigenvalue weighted by Gasteiger charge is -2.39. The highest BCUT2D eigenvalue weighted by Gasteiger charge is 2.34. The van der Waals surface area contributed by atoms with Gasteiger partial charge in [-0.05, 0) is 43.4 Å². The Kier molecular flexibility index (Phi) is 5.55. The molecule has 4 atom stereocenters. The predicted octanol–water partition coefficient (Wildman–Crippen LogP) is 4.24. The zero-order valence-corrected chi connectivity index (χ0v) is 13.5. The Hall–Kier alpha value is -0.250. The van der Waals surface area contributed by atoms with E-state index in [-0.39, 0.29) is 0 Å². The lowest BCUT2D eigenvalue weighted by atomic mass is 9.80. The molecule has 0 bridgehead atoms. The predicted molar refractivity (Wildman–Crippen MR) is 83.9 cm³/mol. The van der Waals surface area contributed by atoms with Gasteiger partial charge >= 0.3 is 0 Å². The monoisotopic (exact) mass is 298 g/mol. The standard InChI is InChI=1S/C15H23ClN2S/c1-4-17-13-8-10(2)7-11(3)15(13)19-14-6-5-12(16)9-18-14/h5-6,9-11,13,15,17H,4,7-8H2,1-3H3. The van der Waals surface area contributed by atoms with Crippen molar-refractivity contribution in [1.82, 2.24) is 10.3 Å². The second-order valence-corrected chi connectivity index (χ2v) is 7.25. The molecule has 0 aromatic carbocycles. The van der Waals surface area contributed by atoms with Gasteiger partial charge in [0.1, 0.15) is 0 Å². The van der Waals surface area contributed by atoms with Crippen molar-refractivity contribution in [2.75, 3.05) is 6.54 Å². The summed E-state index contributed by atoms with van der Waals surface area (Å²) in [6.07, 6.45) is 4.32. The van der Waals surface area contributed by atoms with Crippen LogP contribution >= 0.6 is 23.4 Å². The van der Waals surface area contributed by atoms with E-state index in [9.17, 15) is 0 Å². The van der Waals surface area contributed by atoms with Crippen LogP contribution in [-0.4, -0.2) is 22.8 Å². The molecule has 0 saturated heterocycles. The number of pyridine rings is 1. The first-order valence-electron chi connectivity index (χ1n) is 7.11. The van der Waals surface area contributed by atoms with Crippen LogP contribution < -0.4 is 5.32 Å². The van der Waals surface area contributed by atoms with E-state index in [0.29, 0.717) is 16.3 Å². The maximum atomic E-state index is 5.90. The van der Waals surface area contributed by atoms with Crippen molar-refractivity contribution in [2.45, 2.75) is 49.9 Å². The van der Waals surface area contributed by atoms with Gasteiger partial charge in [-0.1, -0.05) is 32.4 Å². The molecule has 4 heteroatoms. The number of hydrogen-bond acceptors (Lipinski definition) is 3. The SMILES string of the molecule is CCNC1CC(C)CC(C)C1Sc1ccc(Cl)cn1. The molecule has 4 unspecified atom stereocenters. The van der Waals surface area contributed by atoms with E-state index in [1.807, 2.05) is 23.9 Å². The van der Waals surface area contributed by atoms with Crippen molar-refractivity contribution in [1.29, 1.82) is 0 Å². The van der Waals surface area contributed by atoms with Crippen molar-refractivity contribution in [3.8, 4) is 0 Å². The molecule has 1 saturated carbocycles. The molecule has 1 fully saturated rings. The molecule has 1 aliphatic carbocycles. The fourth-order valence-corrected chi connectivity index (χ4v) is 4.43. The molecule has 0 amide bonds. The van der Waals surface area contributed by atoms with E-state index >= 15 is 0 Å². The van der Waals surface area contributed by atoms with Crippen LogP contribution in [0.5, 0.6) is 0 Å².